The van der Waals surface area contributed by atoms with Crippen LogP contribution in [0.2, 0.25) is 0 Å². The lowest BCUT2D eigenvalue weighted by molar-refractivity contribution is -0.128. The summed E-state index contributed by atoms with van der Waals surface area (Å²) >= 11 is 5.26. The summed E-state index contributed by atoms with van der Waals surface area (Å²) in [4.78, 5) is 25.4. The number of benzene rings is 1. The van der Waals surface area contributed by atoms with Gasteiger partial charge in [-0.25, -0.2) is 0 Å². The van der Waals surface area contributed by atoms with Crippen LogP contribution in [-0.4, -0.2) is 35.9 Å². The SMILES string of the molecule is CN(C)C(=O)CCc1cccc(NC(=S)NC(=O)CCC2CCCCC2)c1. The van der Waals surface area contributed by atoms with Crippen molar-refractivity contribution in [2.24, 2.45) is 5.92 Å². The van der Waals surface area contributed by atoms with Gasteiger partial charge in [0.15, 0.2) is 5.11 Å². The minimum absolute atomic E-state index is 0.0224. The molecule has 1 saturated carbocycles. The van der Waals surface area contributed by atoms with Crippen molar-refractivity contribution in [2.45, 2.75) is 57.8 Å². The zero-order valence-electron chi connectivity index (χ0n) is 16.4. The van der Waals surface area contributed by atoms with Crippen LogP contribution in [-0.2, 0) is 16.0 Å². The molecule has 1 fully saturated rings. The Morgan fingerprint density at radius 2 is 1.89 bits per heavy atom. The topological polar surface area (TPSA) is 61.4 Å². The largest absolute Gasteiger partial charge is 0.349 e. The van der Waals surface area contributed by atoms with Crippen LogP contribution >= 0.6 is 12.2 Å². The number of hydrogen-bond donors (Lipinski definition) is 2. The van der Waals surface area contributed by atoms with Crippen LogP contribution in [0.4, 0.5) is 5.69 Å². The average Bonchev–Trinajstić information content (AvgIpc) is 2.65. The number of hydrogen-bond acceptors (Lipinski definition) is 3. The van der Waals surface area contributed by atoms with Gasteiger partial charge in [0.1, 0.15) is 0 Å². The predicted octanol–water partition coefficient (Wildman–Crippen LogP) is 3.88. The van der Waals surface area contributed by atoms with Crippen molar-refractivity contribution in [3.63, 3.8) is 0 Å². The number of rotatable bonds is 7. The molecule has 0 saturated heterocycles. The van der Waals surface area contributed by atoms with E-state index >= 15 is 0 Å². The Bertz CT molecular complexity index is 655. The van der Waals surface area contributed by atoms with Crippen molar-refractivity contribution in [3.8, 4) is 0 Å². The molecule has 1 aromatic carbocycles. The Hall–Kier alpha value is -1.95. The second-order valence-corrected chi connectivity index (χ2v) is 7.94. The van der Waals surface area contributed by atoms with Gasteiger partial charge in [0.2, 0.25) is 11.8 Å². The highest BCUT2D eigenvalue weighted by Crippen LogP contribution is 2.27. The van der Waals surface area contributed by atoms with Crippen LogP contribution < -0.4 is 10.6 Å². The van der Waals surface area contributed by atoms with Gasteiger partial charge < -0.3 is 15.5 Å². The number of aryl methyl sites for hydroxylation is 1. The Morgan fingerprint density at radius 3 is 2.59 bits per heavy atom. The van der Waals surface area contributed by atoms with E-state index in [1.165, 1.54) is 32.1 Å². The summed E-state index contributed by atoms with van der Waals surface area (Å²) in [6.45, 7) is 0. The van der Waals surface area contributed by atoms with Gasteiger partial charge in [-0.2, -0.15) is 0 Å². The molecule has 1 aromatic rings. The molecule has 0 atom stereocenters. The van der Waals surface area contributed by atoms with Crippen LogP contribution in [0.5, 0.6) is 0 Å². The Kier molecular flexibility index (Phi) is 8.72. The second kappa shape index (κ2) is 11.0. The van der Waals surface area contributed by atoms with E-state index in [1.807, 2.05) is 24.3 Å². The van der Waals surface area contributed by atoms with Crippen molar-refractivity contribution >= 4 is 34.8 Å². The van der Waals surface area contributed by atoms with Crippen LogP contribution in [0.3, 0.4) is 0 Å². The van der Waals surface area contributed by atoms with Crippen molar-refractivity contribution in [1.82, 2.24) is 10.2 Å². The third-order valence-electron chi connectivity index (χ3n) is 5.07. The molecule has 0 aliphatic heterocycles. The maximum absolute atomic E-state index is 12.1. The maximum Gasteiger partial charge on any atom is 0.226 e. The Balaban J connectivity index is 1.75. The first kappa shape index (κ1) is 21.4. The molecule has 6 heteroatoms. The van der Waals surface area contributed by atoms with E-state index in [0.29, 0.717) is 30.3 Å². The lowest BCUT2D eigenvalue weighted by atomic mass is 9.86. The van der Waals surface area contributed by atoms with Crippen LogP contribution in [0, 0.1) is 5.92 Å². The van der Waals surface area contributed by atoms with Gasteiger partial charge in [0.25, 0.3) is 0 Å². The highest BCUT2D eigenvalue weighted by atomic mass is 32.1. The molecule has 0 aromatic heterocycles. The normalized spacial score (nSPS) is 14.4. The molecule has 1 aliphatic carbocycles. The molecule has 0 radical (unpaired) electrons. The molecule has 2 N–H and O–H groups in total. The van der Waals surface area contributed by atoms with Crippen LogP contribution in [0.1, 0.15) is 56.9 Å². The van der Waals surface area contributed by atoms with Gasteiger partial charge >= 0.3 is 0 Å². The Morgan fingerprint density at radius 1 is 1.15 bits per heavy atom. The van der Waals surface area contributed by atoms with Crippen molar-refractivity contribution in [2.75, 3.05) is 19.4 Å². The van der Waals surface area contributed by atoms with E-state index in [1.54, 1.807) is 19.0 Å². The number of thiocarbonyl (C=S) groups is 1. The minimum Gasteiger partial charge on any atom is -0.349 e. The van der Waals surface area contributed by atoms with E-state index < -0.39 is 0 Å². The molecular formula is C21H31N3O2S. The minimum atomic E-state index is -0.0224. The third kappa shape index (κ3) is 8.08. The monoisotopic (exact) mass is 389 g/mol. The molecule has 0 spiro atoms. The predicted molar refractivity (Wildman–Crippen MR) is 114 cm³/mol. The van der Waals surface area contributed by atoms with E-state index in [4.69, 9.17) is 12.2 Å². The maximum atomic E-state index is 12.1. The molecular weight excluding hydrogens is 358 g/mol. The van der Waals surface area contributed by atoms with Crippen molar-refractivity contribution < 1.29 is 9.59 Å². The average molecular weight is 390 g/mol. The van der Waals surface area contributed by atoms with Gasteiger partial charge in [-0.05, 0) is 48.7 Å². The molecule has 27 heavy (non-hydrogen) atoms. The van der Waals surface area contributed by atoms with E-state index in [9.17, 15) is 9.59 Å². The molecule has 0 unspecified atom stereocenters. The molecule has 0 bridgehead atoms. The van der Waals surface area contributed by atoms with Gasteiger partial charge in [-0.3, -0.25) is 9.59 Å². The van der Waals surface area contributed by atoms with E-state index in [0.717, 1.165) is 17.7 Å². The third-order valence-corrected chi connectivity index (χ3v) is 5.27. The standard InChI is InChI=1S/C21H31N3O2S/c1-24(2)20(26)14-12-17-9-6-10-18(15-17)22-21(27)23-19(25)13-11-16-7-4-3-5-8-16/h6,9-10,15-16H,3-5,7-8,11-14H2,1-2H3,(H2,22,23,25,27). The van der Waals surface area contributed by atoms with Gasteiger partial charge in [-0.15, -0.1) is 0 Å². The fourth-order valence-corrected chi connectivity index (χ4v) is 3.67. The Labute approximate surface area is 167 Å². The van der Waals surface area contributed by atoms with E-state index in [2.05, 4.69) is 10.6 Å². The molecule has 0 heterocycles. The number of nitrogens with one attached hydrogen (secondary N) is 2. The number of amides is 2. The number of carbonyl (C=O) groups excluding carboxylic acids is 2. The highest BCUT2D eigenvalue weighted by Gasteiger charge is 2.15. The first-order chi connectivity index (χ1) is 12.9. The van der Waals surface area contributed by atoms with Crippen LogP contribution in [0.15, 0.2) is 24.3 Å². The fourth-order valence-electron chi connectivity index (χ4n) is 3.44. The van der Waals surface area contributed by atoms with E-state index in [-0.39, 0.29) is 11.8 Å². The number of nitrogens with zero attached hydrogens (tertiary/aromatic N) is 1. The zero-order chi connectivity index (χ0) is 19.6. The lowest BCUT2D eigenvalue weighted by Gasteiger charge is -2.21. The summed E-state index contributed by atoms with van der Waals surface area (Å²) in [7, 11) is 3.52. The summed E-state index contributed by atoms with van der Waals surface area (Å²) < 4.78 is 0. The zero-order valence-corrected chi connectivity index (χ0v) is 17.2. The van der Waals surface area contributed by atoms with Gasteiger partial charge in [-0.1, -0.05) is 44.2 Å². The summed E-state index contributed by atoms with van der Waals surface area (Å²) in [5.74, 6) is 0.771. The summed E-state index contributed by atoms with van der Waals surface area (Å²) in [6.07, 6.45) is 9.04. The number of anilines is 1. The summed E-state index contributed by atoms with van der Waals surface area (Å²) in [6, 6.07) is 7.77. The molecule has 148 valence electrons. The lowest BCUT2D eigenvalue weighted by Crippen LogP contribution is -2.34. The molecule has 2 amide bonds. The first-order valence-corrected chi connectivity index (χ1v) is 10.2. The smallest absolute Gasteiger partial charge is 0.226 e. The molecule has 1 aliphatic rings. The second-order valence-electron chi connectivity index (χ2n) is 7.53. The first-order valence-electron chi connectivity index (χ1n) is 9.84. The quantitative estimate of drug-likeness (QED) is 0.695. The van der Waals surface area contributed by atoms with Crippen molar-refractivity contribution in [1.29, 1.82) is 0 Å². The van der Waals surface area contributed by atoms with Crippen LogP contribution in [0.25, 0.3) is 0 Å². The fraction of sp³-hybridized carbons (Fsp3) is 0.571. The van der Waals surface area contributed by atoms with Gasteiger partial charge in [0.05, 0.1) is 0 Å². The number of carbonyl (C=O) groups is 2. The molecule has 5 nitrogen and oxygen atoms in total. The molecule has 2 rings (SSSR count). The summed E-state index contributed by atoms with van der Waals surface area (Å²) in [5.41, 5.74) is 1.88. The van der Waals surface area contributed by atoms with Gasteiger partial charge in [0, 0.05) is 32.6 Å². The summed E-state index contributed by atoms with van der Waals surface area (Å²) in [5, 5.41) is 6.16. The van der Waals surface area contributed by atoms with Crippen molar-refractivity contribution in [3.05, 3.63) is 29.8 Å². The highest BCUT2D eigenvalue weighted by molar-refractivity contribution is 7.80.